The van der Waals surface area contributed by atoms with Crippen LogP contribution >= 0.6 is 0 Å². The van der Waals surface area contributed by atoms with Crippen molar-refractivity contribution >= 4 is 60.7 Å². The highest BCUT2D eigenvalue weighted by atomic mass is 19.4. The Bertz CT molecular complexity index is 3660. The van der Waals surface area contributed by atoms with Crippen LogP contribution in [-0.4, -0.2) is 9.13 Å². The van der Waals surface area contributed by atoms with Gasteiger partial charge in [-0.1, -0.05) is 115 Å². The molecule has 2 heterocycles. The summed E-state index contributed by atoms with van der Waals surface area (Å²) in [6.45, 7) is 23.9. The van der Waals surface area contributed by atoms with E-state index >= 15 is 0 Å². The third-order valence-corrected chi connectivity index (χ3v) is 11.5. The topological polar surface area (TPSA) is 46.7 Å². The number of benzene rings is 8. The van der Waals surface area contributed by atoms with E-state index in [0.29, 0.717) is 22.6 Å². The lowest BCUT2D eigenvalue weighted by atomic mass is 9.94. The fourth-order valence-electron chi connectivity index (χ4n) is 8.65. The summed E-state index contributed by atoms with van der Waals surface area (Å²) in [5, 5.41) is 13.1. The van der Waals surface area contributed by atoms with E-state index in [1.54, 1.807) is 36.4 Å². The molecule has 8 aromatic carbocycles. The Kier molecular flexibility index (Phi) is 8.70. The van der Waals surface area contributed by atoms with Gasteiger partial charge in [0.1, 0.15) is 0 Å². The monoisotopic (exact) mass is 804 g/mol. The van der Waals surface area contributed by atoms with Crippen LogP contribution in [0.25, 0.3) is 103 Å². The summed E-state index contributed by atoms with van der Waals surface area (Å²) in [5.41, 5.74) is 7.02. The summed E-state index contributed by atoms with van der Waals surface area (Å²) in [5.74, 6) is 0. The molecule has 0 aliphatic heterocycles. The molecule has 0 atom stereocenters. The van der Waals surface area contributed by atoms with Crippen molar-refractivity contribution < 1.29 is 13.2 Å². The number of alkyl halides is 3. The first-order valence-corrected chi connectivity index (χ1v) is 19.4. The first kappa shape index (κ1) is 37.4. The highest BCUT2D eigenvalue weighted by molar-refractivity contribution is 6.13. The zero-order valence-corrected chi connectivity index (χ0v) is 32.4. The molecule has 0 N–H and O–H groups in total. The van der Waals surface area contributed by atoms with Crippen LogP contribution in [0.15, 0.2) is 164 Å². The van der Waals surface area contributed by atoms with Crippen molar-refractivity contribution in [1.29, 1.82) is 5.26 Å². The van der Waals surface area contributed by atoms with Crippen LogP contribution in [-0.2, 0) is 6.18 Å². The van der Waals surface area contributed by atoms with Crippen molar-refractivity contribution in [3.05, 3.63) is 209 Å². The van der Waals surface area contributed by atoms with Gasteiger partial charge < -0.3 is 9.13 Å². The number of hydrogen-bond acceptors (Lipinski definition) is 1. The number of nitriles is 1. The lowest BCUT2D eigenvalue weighted by Gasteiger charge is -2.22. The second-order valence-electron chi connectivity index (χ2n) is 14.8. The molecule has 10 rings (SSSR count). The van der Waals surface area contributed by atoms with Crippen molar-refractivity contribution in [2.45, 2.75) is 6.18 Å². The van der Waals surface area contributed by atoms with E-state index in [4.69, 9.17) is 19.7 Å². The Hall–Kier alpha value is -8.89. The Labute approximate surface area is 353 Å². The standard InChI is InChI=1S/C53H27F3N6/c1-58-37-23-19-34(20-24-37)36-22-26-41-39-10-5-7-14-47(39)62(49(41)28-36)51-30-45(60-3)42(52-43(53(54,55)56)11-8-12-44(52)59-2)29-50(51)61-46-13-6-4-9-38(46)40-25-21-35(27-48(40)61)33-17-15-32(31-57)16-18-33/h4-30H. The number of rotatable bonds is 5. The van der Waals surface area contributed by atoms with E-state index in [9.17, 15) is 18.4 Å². The molecule has 0 spiro atoms. The van der Waals surface area contributed by atoms with Gasteiger partial charge >= 0.3 is 6.18 Å². The summed E-state index contributed by atoms with van der Waals surface area (Å²) in [6.07, 6.45) is -4.83. The molecule has 0 fully saturated rings. The second kappa shape index (κ2) is 14.4. The highest BCUT2D eigenvalue weighted by Crippen LogP contribution is 2.49. The summed E-state index contributed by atoms with van der Waals surface area (Å²) in [6, 6.07) is 51.5. The first-order chi connectivity index (χ1) is 30.2. The maximum atomic E-state index is 15.0. The molecule has 0 unspecified atom stereocenters. The van der Waals surface area contributed by atoms with Gasteiger partial charge in [0, 0.05) is 21.5 Å². The predicted octanol–water partition coefficient (Wildman–Crippen LogP) is 15.4. The third-order valence-electron chi connectivity index (χ3n) is 11.5. The average molecular weight is 805 g/mol. The molecular formula is C53H27F3N6. The molecule has 10 aromatic rings. The molecule has 0 amide bonds. The van der Waals surface area contributed by atoms with Crippen molar-refractivity contribution in [1.82, 2.24) is 9.13 Å². The van der Waals surface area contributed by atoms with Crippen molar-refractivity contribution in [2.24, 2.45) is 0 Å². The summed E-state index contributed by atoms with van der Waals surface area (Å²) in [7, 11) is 0. The number of aromatic nitrogens is 2. The minimum Gasteiger partial charge on any atom is -0.308 e. The molecule has 62 heavy (non-hydrogen) atoms. The number of nitrogens with zero attached hydrogens (tertiary/aromatic N) is 6. The number of hydrogen-bond donors (Lipinski definition) is 0. The normalized spacial score (nSPS) is 11.4. The number of para-hydroxylation sites is 2. The van der Waals surface area contributed by atoms with Crippen molar-refractivity contribution in [2.75, 3.05) is 0 Å². The first-order valence-electron chi connectivity index (χ1n) is 19.4. The van der Waals surface area contributed by atoms with Crippen LogP contribution in [0.1, 0.15) is 11.1 Å². The molecule has 0 saturated carbocycles. The Morgan fingerprint density at radius 1 is 0.468 bits per heavy atom. The summed E-state index contributed by atoms with van der Waals surface area (Å²) < 4.78 is 49.0. The zero-order valence-electron chi connectivity index (χ0n) is 32.4. The van der Waals surface area contributed by atoms with Crippen LogP contribution in [0.4, 0.5) is 30.2 Å². The molecule has 0 aliphatic carbocycles. The molecule has 6 nitrogen and oxygen atoms in total. The van der Waals surface area contributed by atoms with Crippen LogP contribution in [0.5, 0.6) is 0 Å². The molecule has 0 radical (unpaired) electrons. The van der Waals surface area contributed by atoms with Gasteiger partial charge in [-0.15, -0.1) is 0 Å². The molecule has 2 aromatic heterocycles. The van der Waals surface area contributed by atoms with Gasteiger partial charge in [0.2, 0.25) is 0 Å². The number of fused-ring (bicyclic) bond motifs is 6. The molecule has 0 bridgehead atoms. The van der Waals surface area contributed by atoms with Crippen molar-refractivity contribution in [3.63, 3.8) is 0 Å². The molecule has 0 saturated heterocycles. The molecule has 0 aliphatic rings. The minimum atomic E-state index is -4.83. The van der Waals surface area contributed by atoms with E-state index in [1.165, 1.54) is 12.1 Å². The lowest BCUT2D eigenvalue weighted by molar-refractivity contribution is -0.137. The zero-order chi connectivity index (χ0) is 42.7. The van der Waals surface area contributed by atoms with Crippen LogP contribution in [0, 0.1) is 31.0 Å². The van der Waals surface area contributed by atoms with E-state index < -0.39 is 11.7 Å². The highest BCUT2D eigenvalue weighted by Gasteiger charge is 2.36. The summed E-state index contributed by atoms with van der Waals surface area (Å²) >= 11 is 0. The lowest BCUT2D eigenvalue weighted by Crippen LogP contribution is -2.08. The second-order valence-corrected chi connectivity index (χ2v) is 14.8. The largest absolute Gasteiger partial charge is 0.415 e. The Balaban J connectivity index is 1.37. The Morgan fingerprint density at radius 3 is 1.48 bits per heavy atom. The summed E-state index contributed by atoms with van der Waals surface area (Å²) in [4.78, 5) is 11.0. The van der Waals surface area contributed by atoms with E-state index in [-0.39, 0.29) is 22.5 Å². The van der Waals surface area contributed by atoms with Gasteiger partial charge in [-0.2, -0.15) is 18.4 Å². The fraction of sp³-hybridized carbons (Fsp3) is 0.0189. The SMILES string of the molecule is [C-]#[N+]c1ccc(-c2ccc3c4ccccc4n(-c4cc([N+]#[C-])c(-c5c([N+]#[C-])cccc5C(F)(F)F)cc4-n4c5ccccc5c5ccc(-c6ccc(C#N)cc6)cc54)c3c2)cc1. The van der Waals surface area contributed by atoms with Crippen LogP contribution in [0.2, 0.25) is 0 Å². The van der Waals surface area contributed by atoms with Crippen LogP contribution in [0.3, 0.4) is 0 Å². The Morgan fingerprint density at radius 2 is 0.968 bits per heavy atom. The number of halogens is 3. The van der Waals surface area contributed by atoms with E-state index in [2.05, 4.69) is 31.2 Å². The molecule has 9 heteroatoms. The van der Waals surface area contributed by atoms with Gasteiger partial charge in [-0.3, -0.25) is 0 Å². The molecule has 290 valence electrons. The smallest absolute Gasteiger partial charge is 0.308 e. The average Bonchev–Trinajstić information content (AvgIpc) is 3.82. The third kappa shape index (κ3) is 5.93. The van der Waals surface area contributed by atoms with Gasteiger partial charge in [-0.05, 0) is 81.9 Å². The maximum Gasteiger partial charge on any atom is 0.415 e. The van der Waals surface area contributed by atoms with E-state index in [1.807, 2.05) is 108 Å². The van der Waals surface area contributed by atoms with Gasteiger partial charge in [-0.25, -0.2) is 14.5 Å². The van der Waals surface area contributed by atoms with Crippen molar-refractivity contribution in [3.8, 4) is 50.8 Å². The van der Waals surface area contributed by atoms with Gasteiger partial charge in [0.25, 0.3) is 0 Å². The van der Waals surface area contributed by atoms with Gasteiger partial charge in [0.15, 0.2) is 17.1 Å². The maximum absolute atomic E-state index is 15.0. The van der Waals surface area contributed by atoms with E-state index in [0.717, 1.165) is 71.9 Å². The van der Waals surface area contributed by atoms with Gasteiger partial charge in [0.05, 0.1) is 70.4 Å². The quantitative estimate of drug-likeness (QED) is 0.160. The minimum absolute atomic E-state index is 0.0202. The fourth-order valence-corrected chi connectivity index (χ4v) is 8.65. The van der Waals surface area contributed by atoms with Crippen LogP contribution < -0.4 is 0 Å². The molecular weight excluding hydrogens is 778 g/mol. The predicted molar refractivity (Wildman–Crippen MR) is 240 cm³/mol.